The molecule has 1 aliphatic rings. The molecule has 1 aliphatic heterocycles. The summed E-state index contributed by atoms with van der Waals surface area (Å²) in [6, 6.07) is 14.0. The molecule has 0 fully saturated rings. The number of fused-ring (bicyclic) bond motifs is 6. The topological polar surface area (TPSA) is 161 Å². The molecule has 0 saturated heterocycles. The Morgan fingerprint density at radius 2 is 1.78 bits per heavy atom. The number of nitrogens with one attached hydrogen (secondary N) is 2. The van der Waals surface area contributed by atoms with Crippen molar-refractivity contribution in [1.82, 2.24) is 29.9 Å². The number of hydrogen-bond donors (Lipinski definition) is 2. The van der Waals surface area contributed by atoms with Crippen molar-refractivity contribution in [2.75, 3.05) is 29.3 Å². The van der Waals surface area contributed by atoms with Crippen LogP contribution in [-0.4, -0.2) is 64.2 Å². The third-order valence-corrected chi connectivity index (χ3v) is 11.8. The second kappa shape index (κ2) is 15.6. The highest BCUT2D eigenvalue weighted by Crippen LogP contribution is 2.40. The van der Waals surface area contributed by atoms with Gasteiger partial charge in [-0.25, -0.2) is 19.4 Å². The van der Waals surface area contributed by atoms with Crippen LogP contribution in [0.4, 0.5) is 24.1 Å². The first-order chi connectivity index (χ1) is 25.6. The molecular weight excluding hydrogens is 746 g/mol. The molecule has 0 aliphatic carbocycles. The molecule has 5 aromatic rings. The van der Waals surface area contributed by atoms with Gasteiger partial charge in [0.25, 0.3) is 10.0 Å². The molecule has 13 nitrogen and oxygen atoms in total. The minimum atomic E-state index is -4.48. The number of aromatic nitrogens is 6. The van der Waals surface area contributed by atoms with Crippen LogP contribution in [0, 0.1) is 5.41 Å². The number of sulfonamides is 1. The van der Waals surface area contributed by atoms with Gasteiger partial charge >= 0.3 is 11.9 Å². The summed E-state index contributed by atoms with van der Waals surface area (Å²) < 4.78 is 82.8. The van der Waals surface area contributed by atoms with Crippen molar-refractivity contribution in [3.8, 4) is 22.1 Å². The summed E-state index contributed by atoms with van der Waals surface area (Å²) in [5.74, 6) is 0.196. The fourth-order valence-electron chi connectivity index (χ4n) is 6.37. The molecule has 4 aromatic heterocycles. The van der Waals surface area contributed by atoms with Crippen LogP contribution in [0.3, 0.4) is 0 Å². The van der Waals surface area contributed by atoms with Gasteiger partial charge in [-0.1, -0.05) is 79.9 Å². The Labute approximate surface area is 315 Å². The van der Waals surface area contributed by atoms with Crippen LogP contribution in [-0.2, 0) is 21.9 Å². The van der Waals surface area contributed by atoms with Crippen molar-refractivity contribution < 1.29 is 30.8 Å². The Hall–Kier alpha value is -4.71. The maximum Gasteiger partial charge on any atom is 0.438 e. The van der Waals surface area contributed by atoms with Crippen LogP contribution >= 0.6 is 11.3 Å². The number of thiazole rings is 1. The highest BCUT2D eigenvalue weighted by molar-refractivity contribution is 7.92. The van der Waals surface area contributed by atoms with Crippen LogP contribution < -0.4 is 20.1 Å². The van der Waals surface area contributed by atoms with E-state index in [4.69, 9.17) is 14.2 Å². The number of pyridine rings is 1. The number of ether oxygens (including phenoxy) is 1. The number of alkyl halides is 3. The first-order valence-corrected chi connectivity index (χ1v) is 20.0. The van der Waals surface area contributed by atoms with Crippen LogP contribution in [0.15, 0.2) is 69.1 Å². The lowest BCUT2D eigenvalue weighted by atomic mass is 9.84. The summed E-state index contributed by atoms with van der Waals surface area (Å²) in [5.41, 5.74) is -0.492. The van der Waals surface area contributed by atoms with Gasteiger partial charge in [-0.05, 0) is 57.2 Å². The zero-order valence-electron chi connectivity index (χ0n) is 30.4. The number of halogens is 3. The number of rotatable bonds is 9. The molecule has 0 spiro atoms. The van der Waals surface area contributed by atoms with Gasteiger partial charge in [0.2, 0.25) is 5.88 Å². The Morgan fingerprint density at radius 1 is 1.00 bits per heavy atom. The van der Waals surface area contributed by atoms with E-state index in [1.807, 2.05) is 43.0 Å². The zero-order chi connectivity index (χ0) is 38.7. The molecule has 5 heterocycles. The monoisotopic (exact) mass is 788 g/mol. The summed E-state index contributed by atoms with van der Waals surface area (Å²) in [4.78, 5) is 26.0. The number of H-pyrrole nitrogens is 1. The third-order valence-electron chi connectivity index (χ3n) is 9.51. The molecule has 54 heavy (non-hydrogen) atoms. The molecule has 1 atom stereocenters. The minimum Gasteiger partial charge on any atom is -0.476 e. The Balaban J connectivity index is 1.37. The number of anilines is 2. The Bertz CT molecular complexity index is 2230. The van der Waals surface area contributed by atoms with Crippen LogP contribution in [0.2, 0.25) is 0 Å². The van der Waals surface area contributed by atoms with Crippen molar-refractivity contribution in [3.63, 3.8) is 0 Å². The first kappa shape index (κ1) is 39.0. The molecule has 2 N–H and O–H groups in total. The molecule has 0 unspecified atom stereocenters. The zero-order valence-corrected chi connectivity index (χ0v) is 32.1. The Morgan fingerprint density at radius 3 is 2.52 bits per heavy atom. The molecule has 0 radical (unpaired) electrons. The molecule has 4 bridgehead atoms. The van der Waals surface area contributed by atoms with Gasteiger partial charge in [0.05, 0.1) is 5.41 Å². The van der Waals surface area contributed by atoms with Gasteiger partial charge in [0, 0.05) is 36.3 Å². The van der Waals surface area contributed by atoms with Crippen molar-refractivity contribution in [3.05, 3.63) is 76.7 Å². The van der Waals surface area contributed by atoms with E-state index in [1.165, 1.54) is 16.8 Å². The summed E-state index contributed by atoms with van der Waals surface area (Å²) in [7, 11) is -4.27. The van der Waals surface area contributed by atoms with E-state index in [1.54, 1.807) is 18.3 Å². The maximum absolute atomic E-state index is 14.0. The predicted octanol–water partition coefficient (Wildman–Crippen LogP) is 7.52. The van der Waals surface area contributed by atoms with Crippen LogP contribution in [0.25, 0.3) is 16.3 Å². The average molecular weight is 789 g/mol. The van der Waals surface area contributed by atoms with Crippen molar-refractivity contribution in [1.29, 1.82) is 0 Å². The smallest absolute Gasteiger partial charge is 0.438 e. The number of aryl methyl sites for hydroxylation is 1. The largest absolute Gasteiger partial charge is 0.476 e. The summed E-state index contributed by atoms with van der Waals surface area (Å²) in [6.07, 6.45) is 2.79. The number of nitrogens with zero attached hydrogens (tertiary/aromatic N) is 6. The molecule has 0 amide bonds. The lowest BCUT2D eigenvalue weighted by Crippen LogP contribution is -2.41. The van der Waals surface area contributed by atoms with Gasteiger partial charge in [0.1, 0.15) is 23.1 Å². The predicted molar refractivity (Wildman–Crippen MR) is 199 cm³/mol. The van der Waals surface area contributed by atoms with E-state index < -0.39 is 39.4 Å². The van der Waals surface area contributed by atoms with E-state index >= 15 is 0 Å². The lowest BCUT2D eigenvalue weighted by Gasteiger charge is -2.34. The minimum absolute atomic E-state index is 0.0212. The highest BCUT2D eigenvalue weighted by Gasteiger charge is 2.48. The molecular formula is C36H43F3N8O5S2. The van der Waals surface area contributed by atoms with Gasteiger partial charge in [-0.3, -0.25) is 14.2 Å². The maximum atomic E-state index is 14.0. The van der Waals surface area contributed by atoms with Gasteiger partial charge in [-0.2, -0.15) is 21.6 Å². The number of benzene rings is 1. The van der Waals surface area contributed by atoms with Crippen LogP contribution in [0.1, 0.15) is 77.6 Å². The average Bonchev–Trinajstić information content (AvgIpc) is 3.88. The van der Waals surface area contributed by atoms with E-state index in [9.17, 15) is 26.4 Å². The molecule has 6 rings (SSSR count). The second-order valence-corrected chi connectivity index (χ2v) is 17.0. The lowest BCUT2D eigenvalue weighted by molar-refractivity contribution is -0.219. The van der Waals surface area contributed by atoms with Gasteiger partial charge in [-0.15, -0.1) is 5.10 Å². The molecule has 1 aromatic carbocycles. The SMILES string of the molecule is CCC[C@](C)(CN1CCCCCCc2ccccc2-c2nc(sc2-n2ccc(OCC(C)(C)C(F)(F)F)n2)NS(=O)(=O)c2cccc1n2)c1noc(=O)[nH]1. The summed E-state index contributed by atoms with van der Waals surface area (Å²) in [6.45, 7) is 6.47. The molecule has 290 valence electrons. The molecule has 18 heteroatoms. The number of aromatic amines is 1. The molecule has 0 saturated carbocycles. The fourth-order valence-corrected chi connectivity index (χ4v) is 8.48. The van der Waals surface area contributed by atoms with E-state index in [2.05, 4.69) is 24.9 Å². The highest BCUT2D eigenvalue weighted by atomic mass is 32.2. The van der Waals surface area contributed by atoms with Gasteiger partial charge in [0.15, 0.2) is 16.0 Å². The van der Waals surface area contributed by atoms with Crippen molar-refractivity contribution >= 4 is 32.3 Å². The van der Waals surface area contributed by atoms with E-state index in [-0.39, 0.29) is 16.0 Å². The van der Waals surface area contributed by atoms with Gasteiger partial charge < -0.3 is 9.64 Å². The standard InChI is InChI=1S/C36H43F3N8O5S2/c1-5-19-35(4,31-42-33(48)52-44-31)22-46-20-11-7-6-8-13-24-14-9-10-15-25(24)29-30(47-21-18-27(43-47)51-23-34(2,3)36(37,38)39)53-32(41-29)45-54(49,50)28-17-12-16-26(46)40-28/h9-10,12,14-18,21H,5-8,11,13,19-20,22-23H2,1-4H3,(H,41,45)(H,42,44,48)/t35-/m1/s1. The van der Waals surface area contributed by atoms with Crippen molar-refractivity contribution in [2.24, 2.45) is 5.41 Å². The first-order valence-electron chi connectivity index (χ1n) is 17.7. The van der Waals surface area contributed by atoms with Crippen LogP contribution in [0.5, 0.6) is 5.88 Å². The summed E-state index contributed by atoms with van der Waals surface area (Å²) >= 11 is 1.02. The van der Waals surface area contributed by atoms with E-state index in [0.29, 0.717) is 41.8 Å². The second-order valence-electron chi connectivity index (χ2n) is 14.4. The summed E-state index contributed by atoms with van der Waals surface area (Å²) in [5, 5.41) is 8.68. The third kappa shape index (κ3) is 8.64. The normalized spacial score (nSPS) is 16.5. The fraction of sp³-hybridized carbons (Fsp3) is 0.472. The quantitative estimate of drug-likeness (QED) is 0.153. The Kier molecular flexibility index (Phi) is 11.2. The van der Waals surface area contributed by atoms with E-state index in [0.717, 1.165) is 74.8 Å². The number of hydrogen-bond acceptors (Lipinski definition) is 11. The van der Waals surface area contributed by atoms with Crippen molar-refractivity contribution in [2.45, 2.75) is 89.3 Å².